The quantitative estimate of drug-likeness (QED) is 0.576. The van der Waals surface area contributed by atoms with E-state index < -0.39 is 0 Å². The number of carbonyl (C=O) groups excluding carboxylic acids is 3. The lowest BCUT2D eigenvalue weighted by Gasteiger charge is -2.12. The number of nitrogens with zero attached hydrogens (tertiary/aromatic N) is 1. The van der Waals surface area contributed by atoms with Gasteiger partial charge in [-0.05, 0) is 60.5 Å². The van der Waals surface area contributed by atoms with Gasteiger partial charge in [-0.2, -0.15) is 0 Å². The molecule has 9 heteroatoms. The number of carbonyl (C=O) groups is 3. The van der Waals surface area contributed by atoms with Crippen LogP contribution in [0.2, 0.25) is 10.0 Å². The zero-order chi connectivity index (χ0) is 21.1. The van der Waals surface area contributed by atoms with Gasteiger partial charge < -0.3 is 5.32 Å². The molecule has 1 N–H and O–H groups in total. The highest BCUT2D eigenvalue weighted by molar-refractivity contribution is 8.18. The van der Waals surface area contributed by atoms with E-state index in [0.717, 1.165) is 28.6 Å². The van der Waals surface area contributed by atoms with Crippen LogP contribution in [-0.4, -0.2) is 35.0 Å². The third kappa shape index (κ3) is 5.04. The third-order valence-corrected chi connectivity index (χ3v) is 7.33. The average molecular weight is 469 g/mol. The van der Waals surface area contributed by atoms with Crippen LogP contribution < -0.4 is 5.32 Å². The lowest BCUT2D eigenvalue weighted by Crippen LogP contribution is -2.37. The van der Waals surface area contributed by atoms with Crippen molar-refractivity contribution in [2.75, 3.05) is 13.1 Å². The molecule has 3 rings (SSSR count). The molecule has 152 valence electrons. The smallest absolute Gasteiger partial charge is 0.293 e. The highest BCUT2D eigenvalue weighted by atomic mass is 35.5. The number of hydrogen-bond acceptors (Lipinski definition) is 5. The van der Waals surface area contributed by atoms with E-state index in [1.807, 2.05) is 19.9 Å². The van der Waals surface area contributed by atoms with Crippen molar-refractivity contribution in [2.45, 2.75) is 20.3 Å². The van der Waals surface area contributed by atoms with Crippen molar-refractivity contribution in [1.29, 1.82) is 0 Å². The Morgan fingerprint density at radius 3 is 2.62 bits per heavy atom. The summed E-state index contributed by atoms with van der Waals surface area (Å²) in [4.78, 5) is 40.3. The maximum atomic E-state index is 12.6. The molecule has 0 bridgehead atoms. The summed E-state index contributed by atoms with van der Waals surface area (Å²) >= 11 is 14.2. The second-order valence-electron chi connectivity index (χ2n) is 6.33. The SMILES string of the molecule is CCc1sc(C(=O)NCCN2C(=O)SC(=Cc3ccc(Cl)c(Cl)c3)C2=O)cc1C. The fourth-order valence-corrected chi connectivity index (χ4v) is 5.00. The van der Waals surface area contributed by atoms with E-state index >= 15 is 0 Å². The second kappa shape index (κ2) is 9.34. The highest BCUT2D eigenvalue weighted by Gasteiger charge is 2.34. The molecule has 0 spiro atoms. The van der Waals surface area contributed by atoms with E-state index in [0.29, 0.717) is 25.4 Å². The van der Waals surface area contributed by atoms with Gasteiger partial charge in [0.15, 0.2) is 0 Å². The molecule has 0 atom stereocenters. The van der Waals surface area contributed by atoms with Crippen LogP contribution >= 0.6 is 46.3 Å². The number of hydrogen-bond donors (Lipinski definition) is 1. The average Bonchev–Trinajstić information content (AvgIpc) is 3.19. The first kappa shape index (κ1) is 21.9. The standard InChI is InChI=1S/C20H18Cl2N2O3S2/c1-3-15-11(2)8-16(28-15)18(25)23-6-7-24-19(26)17(29-20(24)27)10-12-4-5-13(21)14(22)9-12/h4-5,8-10H,3,6-7H2,1-2H3,(H,23,25). The van der Waals surface area contributed by atoms with E-state index in [2.05, 4.69) is 5.32 Å². The monoisotopic (exact) mass is 468 g/mol. The van der Waals surface area contributed by atoms with Gasteiger partial charge in [-0.3, -0.25) is 19.3 Å². The first-order chi connectivity index (χ1) is 13.8. The minimum atomic E-state index is -0.388. The summed E-state index contributed by atoms with van der Waals surface area (Å²) in [6, 6.07) is 6.84. The molecule has 1 aliphatic rings. The Kier molecular flexibility index (Phi) is 7.05. The van der Waals surface area contributed by atoms with Crippen LogP contribution in [0.25, 0.3) is 6.08 Å². The first-order valence-corrected chi connectivity index (χ1v) is 11.3. The van der Waals surface area contributed by atoms with Crippen molar-refractivity contribution in [3.05, 3.63) is 60.1 Å². The van der Waals surface area contributed by atoms with E-state index in [-0.39, 0.29) is 30.1 Å². The van der Waals surface area contributed by atoms with Crippen molar-refractivity contribution in [3.63, 3.8) is 0 Å². The van der Waals surface area contributed by atoms with E-state index in [4.69, 9.17) is 23.2 Å². The Morgan fingerprint density at radius 1 is 1.21 bits per heavy atom. The van der Waals surface area contributed by atoms with E-state index in [1.165, 1.54) is 16.2 Å². The largest absolute Gasteiger partial charge is 0.350 e. The Bertz CT molecular complexity index is 1020. The van der Waals surface area contributed by atoms with Crippen LogP contribution in [0.4, 0.5) is 4.79 Å². The minimum absolute atomic E-state index is 0.111. The van der Waals surface area contributed by atoms with Gasteiger partial charge in [0, 0.05) is 18.0 Å². The van der Waals surface area contributed by atoms with Gasteiger partial charge in [0.1, 0.15) is 0 Å². The molecule has 29 heavy (non-hydrogen) atoms. The van der Waals surface area contributed by atoms with Gasteiger partial charge in [0.25, 0.3) is 17.1 Å². The number of benzene rings is 1. The number of nitrogens with one attached hydrogen (secondary N) is 1. The molecule has 1 saturated heterocycles. The van der Waals surface area contributed by atoms with Gasteiger partial charge in [0.2, 0.25) is 0 Å². The van der Waals surface area contributed by atoms with Crippen molar-refractivity contribution < 1.29 is 14.4 Å². The molecule has 3 amide bonds. The fraction of sp³-hybridized carbons (Fsp3) is 0.250. The van der Waals surface area contributed by atoms with Crippen LogP contribution in [0.3, 0.4) is 0 Å². The Morgan fingerprint density at radius 2 is 1.97 bits per heavy atom. The lowest BCUT2D eigenvalue weighted by molar-refractivity contribution is -0.122. The summed E-state index contributed by atoms with van der Waals surface area (Å²) in [5, 5.41) is 3.20. The number of amides is 3. The molecule has 1 aromatic heterocycles. The lowest BCUT2D eigenvalue weighted by atomic mass is 10.2. The molecule has 1 aliphatic heterocycles. The predicted molar refractivity (Wildman–Crippen MR) is 120 cm³/mol. The molecule has 0 aliphatic carbocycles. The maximum absolute atomic E-state index is 12.6. The van der Waals surface area contributed by atoms with Crippen molar-refractivity contribution in [2.24, 2.45) is 0 Å². The zero-order valence-corrected chi connectivity index (χ0v) is 18.9. The fourth-order valence-electron chi connectivity index (χ4n) is 2.80. The van der Waals surface area contributed by atoms with Gasteiger partial charge >= 0.3 is 0 Å². The van der Waals surface area contributed by atoms with Crippen LogP contribution in [0.15, 0.2) is 29.2 Å². The summed E-state index contributed by atoms with van der Waals surface area (Å²) in [6.07, 6.45) is 2.48. The summed E-state index contributed by atoms with van der Waals surface area (Å²) in [5.74, 6) is -0.586. The van der Waals surface area contributed by atoms with Gasteiger partial charge in [-0.15, -0.1) is 11.3 Å². The second-order valence-corrected chi connectivity index (χ2v) is 9.28. The van der Waals surface area contributed by atoms with Crippen molar-refractivity contribution >= 4 is 69.4 Å². The van der Waals surface area contributed by atoms with Gasteiger partial charge in [-0.1, -0.05) is 36.2 Å². The molecular weight excluding hydrogens is 451 g/mol. The van der Waals surface area contributed by atoms with Crippen LogP contribution in [0, 0.1) is 6.92 Å². The molecule has 2 heterocycles. The number of imide groups is 1. The van der Waals surface area contributed by atoms with E-state index in [1.54, 1.807) is 24.3 Å². The zero-order valence-electron chi connectivity index (χ0n) is 15.8. The van der Waals surface area contributed by atoms with Crippen molar-refractivity contribution in [1.82, 2.24) is 10.2 Å². The van der Waals surface area contributed by atoms with Crippen LogP contribution in [0.5, 0.6) is 0 Å². The summed E-state index contributed by atoms with van der Waals surface area (Å²) in [5.41, 5.74) is 1.78. The summed E-state index contributed by atoms with van der Waals surface area (Å²) < 4.78 is 0. The normalized spacial score (nSPS) is 15.4. The number of thiophene rings is 1. The Hall–Kier alpha value is -1.80. The topological polar surface area (TPSA) is 66.5 Å². The minimum Gasteiger partial charge on any atom is -0.350 e. The molecule has 1 aromatic carbocycles. The molecule has 2 aromatic rings. The highest BCUT2D eigenvalue weighted by Crippen LogP contribution is 2.33. The van der Waals surface area contributed by atoms with Crippen LogP contribution in [0.1, 0.15) is 32.6 Å². The summed E-state index contributed by atoms with van der Waals surface area (Å²) in [6.45, 7) is 4.33. The number of rotatable bonds is 6. The predicted octanol–water partition coefficient (Wildman–Crippen LogP) is 5.39. The number of thioether (sulfide) groups is 1. The molecule has 0 radical (unpaired) electrons. The van der Waals surface area contributed by atoms with E-state index in [9.17, 15) is 14.4 Å². The third-order valence-electron chi connectivity index (χ3n) is 4.30. The first-order valence-electron chi connectivity index (χ1n) is 8.88. The van der Waals surface area contributed by atoms with Crippen LogP contribution in [-0.2, 0) is 11.2 Å². The molecule has 1 fully saturated rings. The molecule has 0 unspecified atom stereocenters. The maximum Gasteiger partial charge on any atom is 0.293 e. The van der Waals surface area contributed by atoms with Gasteiger partial charge in [-0.25, -0.2) is 0 Å². The van der Waals surface area contributed by atoms with Crippen molar-refractivity contribution in [3.8, 4) is 0 Å². The Labute approximate surface area is 187 Å². The molecule has 0 saturated carbocycles. The summed E-state index contributed by atoms with van der Waals surface area (Å²) in [7, 11) is 0. The molecular formula is C20H18Cl2N2O3S2. The number of halogens is 2. The van der Waals surface area contributed by atoms with Gasteiger partial charge in [0.05, 0.1) is 19.8 Å². The Balaban J connectivity index is 1.60. The molecule has 5 nitrogen and oxygen atoms in total. The number of aryl methyl sites for hydroxylation is 2.